The van der Waals surface area contributed by atoms with Gasteiger partial charge in [0, 0.05) is 13.0 Å². The van der Waals surface area contributed by atoms with Crippen LogP contribution in [0.5, 0.6) is 11.5 Å². The van der Waals surface area contributed by atoms with Gasteiger partial charge in [0.05, 0.1) is 6.61 Å². The first kappa shape index (κ1) is 23.2. The number of hydrogen-bond donors (Lipinski definition) is 0. The van der Waals surface area contributed by atoms with Gasteiger partial charge < -0.3 is 18.9 Å². The van der Waals surface area contributed by atoms with Gasteiger partial charge in [0.1, 0.15) is 24.7 Å². The number of benzene rings is 2. The maximum Gasteiger partial charge on any atom is 0.335 e. The Morgan fingerprint density at radius 2 is 1.57 bits per heavy atom. The van der Waals surface area contributed by atoms with E-state index in [1.165, 1.54) is 0 Å². The molecule has 5 heteroatoms. The highest BCUT2D eigenvalue weighted by atomic mass is 16.6. The van der Waals surface area contributed by atoms with Gasteiger partial charge in [-0.15, -0.1) is 0 Å². The van der Waals surface area contributed by atoms with Gasteiger partial charge in [0.15, 0.2) is 6.10 Å². The molecule has 5 nitrogen and oxygen atoms in total. The standard InChI is InChI=1S/C25H30O5/c1-4-17-29-22-13-9-20(10-14-22)8-7-18-30-23-15-11-21(12-16-23)19-24(27-5-2)25(26)28-6-3/h4,7-16,24H,1,5-6,17-19H2,2-3H3/b8-7+. The lowest BCUT2D eigenvalue weighted by atomic mass is 10.1. The van der Waals surface area contributed by atoms with Crippen molar-refractivity contribution in [1.82, 2.24) is 0 Å². The largest absolute Gasteiger partial charge is 0.490 e. The zero-order valence-corrected chi connectivity index (χ0v) is 17.7. The Morgan fingerprint density at radius 3 is 2.17 bits per heavy atom. The molecule has 0 bridgehead atoms. The van der Waals surface area contributed by atoms with Crippen molar-refractivity contribution >= 4 is 12.0 Å². The van der Waals surface area contributed by atoms with E-state index in [1.54, 1.807) is 13.0 Å². The third-order valence-corrected chi connectivity index (χ3v) is 4.17. The van der Waals surface area contributed by atoms with E-state index in [-0.39, 0.29) is 5.97 Å². The van der Waals surface area contributed by atoms with Crippen LogP contribution < -0.4 is 9.47 Å². The van der Waals surface area contributed by atoms with E-state index in [9.17, 15) is 4.79 Å². The lowest BCUT2D eigenvalue weighted by molar-refractivity contribution is -0.156. The number of carbonyl (C=O) groups excluding carboxylic acids is 1. The Balaban J connectivity index is 1.81. The maximum atomic E-state index is 12.0. The van der Waals surface area contributed by atoms with Gasteiger partial charge in [0.2, 0.25) is 0 Å². The molecular formula is C25H30O5. The van der Waals surface area contributed by atoms with Gasteiger partial charge in [-0.25, -0.2) is 4.79 Å². The summed E-state index contributed by atoms with van der Waals surface area (Å²) in [6.07, 6.45) is 5.56. The Bertz CT molecular complexity index is 793. The Labute approximate surface area is 178 Å². The highest BCUT2D eigenvalue weighted by Crippen LogP contribution is 2.16. The third-order valence-electron chi connectivity index (χ3n) is 4.17. The number of rotatable bonds is 13. The van der Waals surface area contributed by atoms with E-state index < -0.39 is 6.10 Å². The molecule has 0 aliphatic carbocycles. The average molecular weight is 411 g/mol. The van der Waals surface area contributed by atoms with E-state index in [0.717, 1.165) is 22.6 Å². The van der Waals surface area contributed by atoms with Crippen molar-refractivity contribution in [3.63, 3.8) is 0 Å². The summed E-state index contributed by atoms with van der Waals surface area (Å²) in [5.41, 5.74) is 2.06. The van der Waals surface area contributed by atoms with E-state index in [1.807, 2.05) is 67.6 Å². The molecule has 0 aromatic heterocycles. The molecule has 2 aromatic rings. The van der Waals surface area contributed by atoms with Crippen molar-refractivity contribution < 1.29 is 23.7 Å². The van der Waals surface area contributed by atoms with Crippen molar-refractivity contribution in [1.29, 1.82) is 0 Å². The highest BCUT2D eigenvalue weighted by molar-refractivity contribution is 5.75. The first-order valence-electron chi connectivity index (χ1n) is 10.2. The van der Waals surface area contributed by atoms with Crippen molar-refractivity contribution in [2.45, 2.75) is 26.4 Å². The van der Waals surface area contributed by atoms with Gasteiger partial charge in [-0.2, -0.15) is 0 Å². The molecule has 1 unspecified atom stereocenters. The number of ether oxygens (including phenoxy) is 4. The van der Waals surface area contributed by atoms with Crippen LogP contribution >= 0.6 is 0 Å². The van der Waals surface area contributed by atoms with Gasteiger partial charge in [-0.05, 0) is 55.3 Å². The molecule has 2 rings (SSSR count). The smallest absolute Gasteiger partial charge is 0.335 e. The van der Waals surface area contributed by atoms with Crippen LogP contribution in [0.4, 0.5) is 0 Å². The second-order valence-corrected chi connectivity index (χ2v) is 6.43. The van der Waals surface area contributed by atoms with Crippen LogP contribution in [0.25, 0.3) is 6.08 Å². The predicted octanol–water partition coefficient (Wildman–Crippen LogP) is 4.85. The quantitative estimate of drug-likeness (QED) is 0.349. The van der Waals surface area contributed by atoms with Crippen molar-refractivity contribution in [3.8, 4) is 11.5 Å². The number of hydrogen-bond acceptors (Lipinski definition) is 5. The normalized spacial score (nSPS) is 11.8. The minimum absolute atomic E-state index is 0.329. The summed E-state index contributed by atoms with van der Waals surface area (Å²) in [5, 5.41) is 0. The molecule has 0 fully saturated rings. The summed E-state index contributed by atoms with van der Waals surface area (Å²) < 4.78 is 21.8. The molecule has 160 valence electrons. The minimum atomic E-state index is -0.585. The SMILES string of the molecule is C=CCOc1ccc(/C=C/COc2ccc(CC(OCC)C(=O)OCC)cc2)cc1. The number of carbonyl (C=O) groups is 1. The summed E-state index contributed by atoms with van der Waals surface area (Å²) in [7, 11) is 0. The molecule has 0 N–H and O–H groups in total. The van der Waals surface area contributed by atoms with Crippen molar-refractivity contribution in [2.24, 2.45) is 0 Å². The highest BCUT2D eigenvalue weighted by Gasteiger charge is 2.20. The van der Waals surface area contributed by atoms with Crippen LogP contribution in [-0.4, -0.2) is 38.5 Å². The first-order valence-corrected chi connectivity index (χ1v) is 10.2. The maximum absolute atomic E-state index is 12.0. The molecule has 1 atom stereocenters. The zero-order valence-electron chi connectivity index (χ0n) is 17.7. The fraction of sp³-hybridized carbons (Fsp3) is 0.320. The van der Waals surface area contributed by atoms with Gasteiger partial charge in [-0.1, -0.05) is 43.0 Å². The molecule has 0 aliphatic heterocycles. The van der Waals surface area contributed by atoms with Gasteiger partial charge in [0.25, 0.3) is 0 Å². The van der Waals surface area contributed by atoms with Gasteiger partial charge in [-0.3, -0.25) is 0 Å². The molecule has 30 heavy (non-hydrogen) atoms. The predicted molar refractivity (Wildman–Crippen MR) is 119 cm³/mol. The van der Waals surface area contributed by atoms with Crippen LogP contribution in [0, 0.1) is 0 Å². The lowest BCUT2D eigenvalue weighted by Crippen LogP contribution is -2.28. The molecule has 0 saturated carbocycles. The molecule has 2 aromatic carbocycles. The van der Waals surface area contributed by atoms with E-state index >= 15 is 0 Å². The Kier molecular flexibility index (Phi) is 10.2. The summed E-state index contributed by atoms with van der Waals surface area (Å²) in [5.74, 6) is 1.25. The van der Waals surface area contributed by atoms with Crippen molar-refractivity contribution in [3.05, 3.63) is 78.4 Å². The Hall–Kier alpha value is -3.05. The van der Waals surface area contributed by atoms with Crippen LogP contribution in [-0.2, 0) is 20.7 Å². The molecule has 0 amide bonds. The van der Waals surface area contributed by atoms with Crippen LogP contribution in [0.2, 0.25) is 0 Å². The second kappa shape index (κ2) is 13.2. The number of esters is 1. The van der Waals surface area contributed by atoms with Crippen molar-refractivity contribution in [2.75, 3.05) is 26.4 Å². The third kappa shape index (κ3) is 8.13. The summed E-state index contributed by atoms with van der Waals surface area (Å²) in [4.78, 5) is 12.0. The summed E-state index contributed by atoms with van der Waals surface area (Å²) >= 11 is 0. The fourth-order valence-corrected chi connectivity index (χ4v) is 2.74. The monoisotopic (exact) mass is 410 g/mol. The fourth-order valence-electron chi connectivity index (χ4n) is 2.74. The molecule has 0 heterocycles. The molecule has 0 spiro atoms. The molecule has 0 aliphatic rings. The van der Waals surface area contributed by atoms with E-state index in [2.05, 4.69) is 6.58 Å². The molecular weight excluding hydrogens is 380 g/mol. The Morgan fingerprint density at radius 1 is 0.933 bits per heavy atom. The van der Waals surface area contributed by atoms with E-state index in [0.29, 0.717) is 32.8 Å². The average Bonchev–Trinajstić information content (AvgIpc) is 2.77. The lowest BCUT2D eigenvalue weighted by Gasteiger charge is -2.15. The van der Waals surface area contributed by atoms with Crippen LogP contribution in [0.1, 0.15) is 25.0 Å². The zero-order chi connectivity index (χ0) is 21.6. The minimum Gasteiger partial charge on any atom is -0.490 e. The topological polar surface area (TPSA) is 54.0 Å². The summed E-state index contributed by atoms with van der Waals surface area (Å²) in [6, 6.07) is 15.5. The first-order chi connectivity index (χ1) is 14.7. The molecule has 0 radical (unpaired) electrons. The molecule has 0 saturated heterocycles. The second-order valence-electron chi connectivity index (χ2n) is 6.43. The van der Waals surface area contributed by atoms with Gasteiger partial charge >= 0.3 is 5.97 Å². The van der Waals surface area contributed by atoms with Crippen LogP contribution in [0.15, 0.2) is 67.3 Å². The van der Waals surface area contributed by atoms with E-state index in [4.69, 9.17) is 18.9 Å². The summed E-state index contributed by atoms with van der Waals surface area (Å²) in [6.45, 7) is 9.04. The van der Waals surface area contributed by atoms with Crippen LogP contribution in [0.3, 0.4) is 0 Å².